The Labute approximate surface area is 107 Å². The van der Waals surface area contributed by atoms with Gasteiger partial charge in [-0.25, -0.2) is 4.68 Å². The van der Waals surface area contributed by atoms with Crippen LogP contribution in [0.3, 0.4) is 0 Å². The Kier molecular flexibility index (Phi) is 1.98. The third-order valence-electron chi connectivity index (χ3n) is 5.31. The highest BCUT2D eigenvalue weighted by Crippen LogP contribution is 2.60. The predicted octanol–water partition coefficient (Wildman–Crippen LogP) is 2.32. The predicted molar refractivity (Wildman–Crippen MR) is 67.9 cm³/mol. The molecule has 4 heteroatoms. The summed E-state index contributed by atoms with van der Waals surface area (Å²) in [7, 11) is 0. The molecule has 0 atom stereocenters. The van der Waals surface area contributed by atoms with E-state index in [0.717, 1.165) is 37.0 Å². The quantitative estimate of drug-likeness (QED) is 0.826. The zero-order valence-corrected chi connectivity index (χ0v) is 10.5. The molecule has 0 amide bonds. The molecule has 0 radical (unpaired) electrons. The first-order chi connectivity index (χ1) is 8.64. The highest BCUT2D eigenvalue weighted by Gasteiger charge is 2.55. The van der Waals surface area contributed by atoms with E-state index in [2.05, 4.69) is 5.10 Å². The molecule has 4 fully saturated rings. The Morgan fingerprint density at radius 3 is 2.22 bits per heavy atom. The zero-order valence-electron chi connectivity index (χ0n) is 10.5. The molecule has 4 saturated carbocycles. The Morgan fingerprint density at radius 1 is 1.22 bits per heavy atom. The van der Waals surface area contributed by atoms with Crippen LogP contribution in [0.15, 0.2) is 12.3 Å². The molecule has 0 aliphatic heterocycles. The van der Waals surface area contributed by atoms with Gasteiger partial charge >= 0.3 is 0 Å². The molecule has 0 saturated heterocycles. The summed E-state index contributed by atoms with van der Waals surface area (Å²) in [4.78, 5) is 12.8. The van der Waals surface area contributed by atoms with Crippen LogP contribution in [-0.2, 0) is 0 Å². The maximum absolute atomic E-state index is 12.8. The van der Waals surface area contributed by atoms with E-state index in [1.807, 2.05) is 0 Å². The second kappa shape index (κ2) is 3.37. The van der Waals surface area contributed by atoms with Crippen molar-refractivity contribution in [2.24, 2.45) is 23.2 Å². The first kappa shape index (κ1) is 10.6. The summed E-state index contributed by atoms with van der Waals surface area (Å²) in [6.45, 7) is 0. The van der Waals surface area contributed by atoms with Crippen molar-refractivity contribution in [2.45, 2.75) is 38.5 Å². The van der Waals surface area contributed by atoms with Crippen molar-refractivity contribution in [3.63, 3.8) is 0 Å². The molecular weight excluding hydrogens is 226 g/mol. The average molecular weight is 245 g/mol. The molecule has 1 aromatic rings. The van der Waals surface area contributed by atoms with Crippen LogP contribution >= 0.6 is 0 Å². The summed E-state index contributed by atoms with van der Waals surface area (Å²) in [5.41, 5.74) is 5.51. The van der Waals surface area contributed by atoms with Gasteiger partial charge < -0.3 is 5.73 Å². The van der Waals surface area contributed by atoms with Crippen molar-refractivity contribution in [1.29, 1.82) is 0 Å². The van der Waals surface area contributed by atoms with E-state index in [9.17, 15) is 4.79 Å². The van der Waals surface area contributed by atoms with Crippen LogP contribution in [0.2, 0.25) is 0 Å². The number of hydrogen-bond donors (Lipinski definition) is 1. The lowest BCUT2D eigenvalue weighted by atomic mass is 9.49. The van der Waals surface area contributed by atoms with E-state index >= 15 is 0 Å². The van der Waals surface area contributed by atoms with Crippen molar-refractivity contribution < 1.29 is 4.79 Å². The summed E-state index contributed by atoms with van der Waals surface area (Å²) >= 11 is 0. The number of rotatable bonds is 1. The molecule has 96 valence electrons. The molecule has 0 unspecified atom stereocenters. The first-order valence-corrected chi connectivity index (χ1v) is 7.01. The van der Waals surface area contributed by atoms with Gasteiger partial charge in [-0.3, -0.25) is 4.79 Å². The van der Waals surface area contributed by atoms with Crippen molar-refractivity contribution in [1.82, 2.24) is 9.78 Å². The van der Waals surface area contributed by atoms with Gasteiger partial charge in [0.1, 0.15) is 5.82 Å². The normalized spacial score (nSPS) is 41.2. The van der Waals surface area contributed by atoms with Gasteiger partial charge in [0.05, 0.1) is 5.41 Å². The van der Waals surface area contributed by atoms with Crippen LogP contribution in [0.4, 0.5) is 5.82 Å². The molecule has 1 heterocycles. The highest BCUT2D eigenvalue weighted by atomic mass is 16.2. The summed E-state index contributed by atoms with van der Waals surface area (Å²) in [5, 5.41) is 4.11. The van der Waals surface area contributed by atoms with Gasteiger partial charge in [0.25, 0.3) is 5.91 Å². The smallest absolute Gasteiger partial charge is 0.253 e. The van der Waals surface area contributed by atoms with Gasteiger partial charge in [0, 0.05) is 12.3 Å². The van der Waals surface area contributed by atoms with Crippen LogP contribution in [0, 0.1) is 23.2 Å². The molecule has 1 aromatic heterocycles. The molecule has 2 N–H and O–H groups in total. The van der Waals surface area contributed by atoms with Gasteiger partial charge in [-0.15, -0.1) is 5.10 Å². The lowest BCUT2D eigenvalue weighted by Crippen LogP contribution is -2.51. The lowest BCUT2D eigenvalue weighted by Gasteiger charge is -2.55. The largest absolute Gasteiger partial charge is 0.382 e. The lowest BCUT2D eigenvalue weighted by molar-refractivity contribution is -0.0408. The van der Waals surface area contributed by atoms with Crippen LogP contribution in [0.1, 0.15) is 43.3 Å². The van der Waals surface area contributed by atoms with Crippen LogP contribution in [0.25, 0.3) is 0 Å². The fourth-order valence-electron chi connectivity index (χ4n) is 5.07. The van der Waals surface area contributed by atoms with Crippen molar-refractivity contribution in [3.8, 4) is 0 Å². The van der Waals surface area contributed by atoms with Gasteiger partial charge in [-0.05, 0) is 56.3 Å². The molecule has 4 bridgehead atoms. The number of anilines is 1. The van der Waals surface area contributed by atoms with Crippen LogP contribution < -0.4 is 5.73 Å². The molecule has 4 aliphatic rings. The number of nitrogens with two attached hydrogens (primary N) is 1. The Morgan fingerprint density at radius 2 is 1.78 bits per heavy atom. The summed E-state index contributed by atoms with van der Waals surface area (Å²) < 4.78 is 1.49. The maximum Gasteiger partial charge on any atom is 0.253 e. The van der Waals surface area contributed by atoms with E-state index in [4.69, 9.17) is 5.73 Å². The van der Waals surface area contributed by atoms with Crippen molar-refractivity contribution >= 4 is 11.7 Å². The number of nitrogen functional groups attached to an aromatic ring is 1. The fraction of sp³-hybridized carbons (Fsp3) is 0.714. The molecule has 0 aromatic carbocycles. The minimum Gasteiger partial charge on any atom is -0.382 e. The zero-order chi connectivity index (χ0) is 12.3. The van der Waals surface area contributed by atoms with Crippen LogP contribution in [0.5, 0.6) is 0 Å². The monoisotopic (exact) mass is 245 g/mol. The van der Waals surface area contributed by atoms with Crippen LogP contribution in [-0.4, -0.2) is 15.7 Å². The molecule has 4 nitrogen and oxygen atoms in total. The number of hydrogen-bond acceptors (Lipinski definition) is 3. The molecular formula is C14H19N3O. The summed E-state index contributed by atoms with van der Waals surface area (Å²) in [5.74, 6) is 2.99. The first-order valence-electron chi connectivity index (χ1n) is 7.01. The Hall–Kier alpha value is -1.32. The second-order valence-corrected chi connectivity index (χ2v) is 6.69. The topological polar surface area (TPSA) is 60.9 Å². The van der Waals surface area contributed by atoms with E-state index in [1.54, 1.807) is 12.3 Å². The van der Waals surface area contributed by atoms with E-state index in [1.165, 1.54) is 23.9 Å². The average Bonchev–Trinajstić information content (AvgIpc) is 2.73. The van der Waals surface area contributed by atoms with Gasteiger partial charge in [-0.1, -0.05) is 0 Å². The number of aromatic nitrogens is 2. The SMILES string of the molecule is Nc1ccn(C(=O)C23CC4CC(CC(C4)C2)C3)n1. The van der Waals surface area contributed by atoms with Gasteiger partial charge in [0.2, 0.25) is 0 Å². The minimum atomic E-state index is -0.118. The number of carbonyl (C=O) groups excluding carboxylic acids is 1. The summed E-state index contributed by atoms with van der Waals surface area (Å²) in [6, 6.07) is 1.71. The second-order valence-electron chi connectivity index (χ2n) is 6.69. The molecule has 0 spiro atoms. The van der Waals surface area contributed by atoms with Crippen molar-refractivity contribution in [3.05, 3.63) is 12.3 Å². The Bertz CT molecular complexity index is 470. The standard InChI is InChI=1S/C14H19N3O/c15-12-1-2-17(16-12)13(18)14-6-9-3-10(7-14)5-11(4-9)8-14/h1-2,9-11H,3-8H2,(H2,15,16). The Balaban J connectivity index is 1.69. The number of carbonyl (C=O) groups is 1. The maximum atomic E-state index is 12.8. The van der Waals surface area contributed by atoms with E-state index in [-0.39, 0.29) is 11.3 Å². The molecule has 4 aliphatic carbocycles. The third kappa shape index (κ3) is 1.38. The molecule has 5 rings (SSSR count). The highest BCUT2D eigenvalue weighted by molar-refractivity contribution is 5.85. The minimum absolute atomic E-state index is 0.118. The van der Waals surface area contributed by atoms with Gasteiger partial charge in [0.15, 0.2) is 0 Å². The van der Waals surface area contributed by atoms with E-state index in [0.29, 0.717) is 5.82 Å². The van der Waals surface area contributed by atoms with E-state index < -0.39 is 0 Å². The number of nitrogens with zero attached hydrogens (tertiary/aromatic N) is 2. The third-order valence-corrected chi connectivity index (χ3v) is 5.31. The van der Waals surface area contributed by atoms with Crippen molar-refractivity contribution in [2.75, 3.05) is 5.73 Å². The molecule has 18 heavy (non-hydrogen) atoms. The summed E-state index contributed by atoms with van der Waals surface area (Å²) in [6.07, 6.45) is 9.03. The van der Waals surface area contributed by atoms with Gasteiger partial charge in [-0.2, -0.15) is 0 Å². The fourth-order valence-corrected chi connectivity index (χ4v) is 5.07.